The van der Waals surface area contributed by atoms with Gasteiger partial charge in [-0.3, -0.25) is 9.59 Å². The quantitative estimate of drug-likeness (QED) is 0.537. The number of fused-ring (bicyclic) bond motifs is 1. The maximum Gasteiger partial charge on any atom is 0.329 e. The summed E-state index contributed by atoms with van der Waals surface area (Å²) in [6, 6.07) is 14.1. The van der Waals surface area contributed by atoms with Crippen LogP contribution in [-0.4, -0.2) is 35.4 Å². The summed E-state index contributed by atoms with van der Waals surface area (Å²) in [5, 5.41) is 6.28. The third-order valence-electron chi connectivity index (χ3n) is 4.53. The third kappa shape index (κ3) is 5.22. The minimum atomic E-state index is -0.891. The highest BCUT2D eigenvalue weighted by atomic mass is 16.5. The molecule has 2 aromatic carbocycles. The zero-order valence-electron chi connectivity index (χ0n) is 16.3. The van der Waals surface area contributed by atoms with E-state index >= 15 is 0 Å². The van der Waals surface area contributed by atoms with Crippen molar-refractivity contribution in [1.29, 1.82) is 0 Å². The molecular formula is C22H23N3O4. The second-order valence-corrected chi connectivity index (χ2v) is 6.79. The highest BCUT2D eigenvalue weighted by Crippen LogP contribution is 2.19. The van der Waals surface area contributed by atoms with Crippen molar-refractivity contribution in [1.82, 2.24) is 10.3 Å². The number of hydrogen-bond donors (Lipinski definition) is 3. The Bertz CT molecular complexity index is 1040. The first kappa shape index (κ1) is 20.1. The number of ether oxygens (including phenoxy) is 1. The molecule has 150 valence electrons. The molecule has 1 atom stereocenters. The van der Waals surface area contributed by atoms with Crippen LogP contribution >= 0.6 is 0 Å². The van der Waals surface area contributed by atoms with Crippen LogP contribution in [0.3, 0.4) is 0 Å². The Morgan fingerprint density at radius 1 is 1.07 bits per heavy atom. The van der Waals surface area contributed by atoms with Crippen molar-refractivity contribution in [3.63, 3.8) is 0 Å². The number of hydrogen-bond acceptors (Lipinski definition) is 4. The van der Waals surface area contributed by atoms with Gasteiger partial charge in [-0.2, -0.15) is 0 Å². The number of rotatable bonds is 7. The fraction of sp³-hybridized carbons (Fsp3) is 0.227. The zero-order valence-corrected chi connectivity index (χ0v) is 16.3. The normalized spacial score (nSPS) is 11.7. The second-order valence-electron chi connectivity index (χ2n) is 6.79. The molecule has 0 aliphatic heterocycles. The number of anilines is 1. The second kappa shape index (κ2) is 9.05. The van der Waals surface area contributed by atoms with Crippen LogP contribution in [-0.2, 0) is 25.5 Å². The summed E-state index contributed by atoms with van der Waals surface area (Å²) >= 11 is 0. The summed E-state index contributed by atoms with van der Waals surface area (Å²) in [7, 11) is 0. The molecule has 0 bridgehead atoms. The topological polar surface area (TPSA) is 100 Å². The molecule has 0 spiro atoms. The minimum absolute atomic E-state index is 0.252. The molecule has 0 aliphatic carbocycles. The molecular weight excluding hydrogens is 370 g/mol. The lowest BCUT2D eigenvalue weighted by molar-refractivity contribution is -0.150. The first-order valence-electron chi connectivity index (χ1n) is 9.28. The number of aromatic amines is 1. The van der Waals surface area contributed by atoms with Gasteiger partial charge in [0.25, 0.3) is 5.91 Å². The maximum atomic E-state index is 12.5. The lowest BCUT2D eigenvalue weighted by Gasteiger charge is -2.16. The van der Waals surface area contributed by atoms with Gasteiger partial charge < -0.3 is 20.4 Å². The van der Waals surface area contributed by atoms with Crippen molar-refractivity contribution in [3.8, 4) is 0 Å². The molecule has 2 amide bonds. The standard InChI is InChI=1S/C22H23N3O4/c1-14-7-3-5-9-18(14)25-21(27)13-29-22(28)20(24-15(2)26)11-16-12-23-19-10-6-4-8-17(16)19/h3-10,12,20,23H,11,13H2,1-2H3,(H,24,26)(H,25,27)/t20-/m0/s1. The summed E-state index contributed by atoms with van der Waals surface area (Å²) < 4.78 is 5.16. The van der Waals surface area contributed by atoms with Gasteiger partial charge in [-0.15, -0.1) is 0 Å². The molecule has 0 fully saturated rings. The van der Waals surface area contributed by atoms with E-state index in [1.165, 1.54) is 6.92 Å². The molecule has 1 aromatic heterocycles. The number of carbonyl (C=O) groups is 3. The molecule has 29 heavy (non-hydrogen) atoms. The van der Waals surface area contributed by atoms with E-state index in [4.69, 9.17) is 4.74 Å². The number of amides is 2. The highest BCUT2D eigenvalue weighted by Gasteiger charge is 2.23. The molecule has 0 radical (unpaired) electrons. The number of aromatic nitrogens is 1. The fourth-order valence-electron chi connectivity index (χ4n) is 3.10. The maximum absolute atomic E-state index is 12.5. The van der Waals surface area contributed by atoms with E-state index in [0.717, 1.165) is 22.0 Å². The molecule has 7 heteroatoms. The average molecular weight is 393 g/mol. The van der Waals surface area contributed by atoms with Crippen LogP contribution < -0.4 is 10.6 Å². The molecule has 3 aromatic rings. The van der Waals surface area contributed by atoms with Crippen LogP contribution in [0.2, 0.25) is 0 Å². The van der Waals surface area contributed by atoms with Crippen LogP contribution in [0.25, 0.3) is 10.9 Å². The summed E-state index contributed by atoms with van der Waals surface area (Å²) in [5.41, 5.74) is 3.38. The number of benzene rings is 2. The van der Waals surface area contributed by atoms with Gasteiger partial charge in [-0.1, -0.05) is 36.4 Å². The highest BCUT2D eigenvalue weighted by molar-refractivity contribution is 5.94. The number of esters is 1. The van der Waals surface area contributed by atoms with Crippen molar-refractivity contribution >= 4 is 34.4 Å². The number of H-pyrrole nitrogens is 1. The SMILES string of the molecule is CC(=O)N[C@@H](Cc1c[nH]c2ccccc12)C(=O)OCC(=O)Nc1ccccc1C. The average Bonchev–Trinajstić information content (AvgIpc) is 3.10. The molecule has 0 saturated heterocycles. The lowest BCUT2D eigenvalue weighted by Crippen LogP contribution is -2.43. The van der Waals surface area contributed by atoms with Gasteiger partial charge in [0.1, 0.15) is 6.04 Å². The minimum Gasteiger partial charge on any atom is -0.454 e. The van der Waals surface area contributed by atoms with E-state index in [-0.39, 0.29) is 12.3 Å². The van der Waals surface area contributed by atoms with E-state index in [2.05, 4.69) is 15.6 Å². The van der Waals surface area contributed by atoms with E-state index < -0.39 is 24.5 Å². The van der Waals surface area contributed by atoms with Crippen LogP contribution in [0.15, 0.2) is 54.7 Å². The molecule has 0 unspecified atom stereocenters. The van der Waals surface area contributed by atoms with Crippen molar-refractivity contribution < 1.29 is 19.1 Å². The van der Waals surface area contributed by atoms with Crippen molar-refractivity contribution in [2.75, 3.05) is 11.9 Å². The number of para-hydroxylation sites is 2. The predicted molar refractivity (Wildman–Crippen MR) is 110 cm³/mol. The molecule has 0 aliphatic rings. The Morgan fingerprint density at radius 3 is 2.55 bits per heavy atom. The van der Waals surface area contributed by atoms with Crippen LogP contribution in [0.5, 0.6) is 0 Å². The van der Waals surface area contributed by atoms with E-state index in [1.807, 2.05) is 49.4 Å². The van der Waals surface area contributed by atoms with E-state index in [9.17, 15) is 14.4 Å². The number of nitrogens with one attached hydrogen (secondary N) is 3. The Hall–Kier alpha value is -3.61. The summed E-state index contributed by atoms with van der Waals surface area (Å²) in [6.07, 6.45) is 2.06. The van der Waals surface area contributed by atoms with Gasteiger partial charge in [0, 0.05) is 36.1 Å². The van der Waals surface area contributed by atoms with Gasteiger partial charge >= 0.3 is 5.97 Å². The molecule has 7 nitrogen and oxygen atoms in total. The van der Waals surface area contributed by atoms with Gasteiger partial charge in [0.2, 0.25) is 5.91 Å². The summed E-state index contributed by atoms with van der Waals surface area (Å²) in [5.74, 6) is -1.46. The Balaban J connectivity index is 1.64. The number of aryl methyl sites for hydroxylation is 1. The first-order chi connectivity index (χ1) is 13.9. The van der Waals surface area contributed by atoms with Crippen LogP contribution in [0, 0.1) is 6.92 Å². The van der Waals surface area contributed by atoms with E-state index in [1.54, 1.807) is 12.3 Å². The fourth-order valence-corrected chi connectivity index (χ4v) is 3.10. The summed E-state index contributed by atoms with van der Waals surface area (Å²) in [4.78, 5) is 39.4. The first-order valence-corrected chi connectivity index (χ1v) is 9.28. The Kier molecular flexibility index (Phi) is 6.29. The van der Waals surface area contributed by atoms with Gasteiger partial charge in [-0.05, 0) is 30.2 Å². The van der Waals surface area contributed by atoms with Crippen molar-refractivity contribution in [2.45, 2.75) is 26.3 Å². The predicted octanol–water partition coefficient (Wildman–Crippen LogP) is 2.71. The smallest absolute Gasteiger partial charge is 0.329 e. The molecule has 0 saturated carbocycles. The van der Waals surface area contributed by atoms with Gasteiger partial charge in [0.15, 0.2) is 6.61 Å². The largest absolute Gasteiger partial charge is 0.454 e. The zero-order chi connectivity index (χ0) is 20.8. The molecule has 1 heterocycles. The van der Waals surface area contributed by atoms with Gasteiger partial charge in [-0.25, -0.2) is 4.79 Å². The van der Waals surface area contributed by atoms with Crippen molar-refractivity contribution in [3.05, 3.63) is 65.9 Å². The van der Waals surface area contributed by atoms with Crippen LogP contribution in [0.1, 0.15) is 18.1 Å². The molecule has 3 rings (SSSR count). The monoisotopic (exact) mass is 393 g/mol. The molecule has 3 N–H and O–H groups in total. The Morgan fingerprint density at radius 2 is 1.79 bits per heavy atom. The Labute approximate surface area is 168 Å². The van der Waals surface area contributed by atoms with Crippen LogP contribution in [0.4, 0.5) is 5.69 Å². The summed E-state index contributed by atoms with van der Waals surface area (Å²) in [6.45, 7) is 2.77. The van der Waals surface area contributed by atoms with E-state index in [0.29, 0.717) is 5.69 Å². The third-order valence-corrected chi connectivity index (χ3v) is 4.53. The lowest BCUT2D eigenvalue weighted by atomic mass is 10.0. The van der Waals surface area contributed by atoms with Gasteiger partial charge in [0.05, 0.1) is 0 Å². The van der Waals surface area contributed by atoms with Crippen molar-refractivity contribution in [2.24, 2.45) is 0 Å². The number of carbonyl (C=O) groups excluding carboxylic acids is 3.